The van der Waals surface area contributed by atoms with Gasteiger partial charge in [-0.15, -0.1) is 7.92 Å². The molecule has 3 rings (SSSR count). The van der Waals surface area contributed by atoms with Crippen LogP contribution in [0, 0.1) is 0 Å². The summed E-state index contributed by atoms with van der Waals surface area (Å²) in [5.74, 6) is 0. The van der Waals surface area contributed by atoms with Crippen LogP contribution in [-0.2, 0) is 49.6 Å². The molecule has 9 nitrogen and oxygen atoms in total. The van der Waals surface area contributed by atoms with E-state index in [-0.39, 0.29) is 14.7 Å². The normalized spacial score (nSPS) is 12.6. The average molecular weight is 584 g/mol. The first-order valence-corrected chi connectivity index (χ1v) is 17.2. The van der Waals surface area contributed by atoms with E-state index < -0.39 is 38.3 Å². The van der Waals surface area contributed by atoms with Crippen molar-refractivity contribution in [3.8, 4) is 0 Å². The Morgan fingerprint density at radius 1 is 0.432 bits per heavy atom. The third-order valence-corrected chi connectivity index (χ3v) is 10.9. The van der Waals surface area contributed by atoms with Gasteiger partial charge >= 0.3 is 0 Å². The number of aryl methyl sites for hydroxylation is 3. The van der Waals surface area contributed by atoms with Crippen molar-refractivity contribution in [1.82, 2.24) is 0 Å². The Hall–Kier alpha value is -2.18. The summed E-state index contributed by atoms with van der Waals surface area (Å²) in [7, 11) is -14.1. The highest BCUT2D eigenvalue weighted by atomic mass is 32.2. The third kappa shape index (κ3) is 9.26. The summed E-state index contributed by atoms with van der Waals surface area (Å²) < 4.78 is 100. The van der Waals surface area contributed by atoms with Crippen molar-refractivity contribution in [1.29, 1.82) is 0 Å². The van der Waals surface area contributed by atoms with Crippen LogP contribution in [-0.4, -0.2) is 57.4 Å². The molecule has 0 aliphatic rings. The fraction of sp³-hybridized carbons (Fsp3) is 0.250. The van der Waals surface area contributed by atoms with E-state index in [1.807, 2.05) is 0 Å². The lowest BCUT2D eigenvalue weighted by Crippen LogP contribution is -2.05. The minimum absolute atomic E-state index is 0.286. The Bertz CT molecular complexity index is 1330. The van der Waals surface area contributed by atoms with Crippen LogP contribution in [0.4, 0.5) is 0 Å². The van der Waals surface area contributed by atoms with E-state index in [0.29, 0.717) is 19.3 Å². The maximum absolute atomic E-state index is 11.1. The van der Waals surface area contributed by atoms with Gasteiger partial charge in [0.05, 0.1) is 14.7 Å². The van der Waals surface area contributed by atoms with Crippen LogP contribution in [0.15, 0.2) is 87.5 Å². The highest BCUT2D eigenvalue weighted by Crippen LogP contribution is 2.38. The molecule has 200 valence electrons. The van der Waals surface area contributed by atoms with Gasteiger partial charge in [0.1, 0.15) is 30.4 Å². The zero-order valence-electron chi connectivity index (χ0n) is 19.5. The van der Waals surface area contributed by atoms with Crippen molar-refractivity contribution in [3.05, 3.63) is 89.5 Å². The van der Waals surface area contributed by atoms with E-state index >= 15 is 0 Å². The second-order valence-corrected chi connectivity index (χ2v) is 15.2. The second-order valence-electron chi connectivity index (χ2n) is 8.39. The van der Waals surface area contributed by atoms with E-state index in [4.69, 9.17) is 0 Å². The molecule has 3 aromatic carbocycles. The molecule has 0 aromatic heterocycles. The lowest BCUT2D eigenvalue weighted by molar-refractivity contribution is 0.461. The van der Waals surface area contributed by atoms with Crippen molar-refractivity contribution in [2.24, 2.45) is 0 Å². The lowest BCUT2D eigenvalue weighted by Gasteiger charge is -2.19. The molecule has 0 spiro atoms. The molecule has 0 saturated heterocycles. The van der Waals surface area contributed by atoms with Crippen LogP contribution >= 0.6 is 7.92 Å². The molecule has 0 bridgehead atoms. The van der Waals surface area contributed by atoms with E-state index in [1.165, 1.54) is 36.4 Å². The van der Waals surface area contributed by atoms with Crippen LogP contribution in [0.5, 0.6) is 0 Å². The van der Waals surface area contributed by atoms with E-state index in [0.717, 1.165) is 35.2 Å². The largest absolute Gasteiger partial charge is 0.744 e. The van der Waals surface area contributed by atoms with Gasteiger partial charge in [-0.1, -0.05) is 36.4 Å². The summed E-state index contributed by atoms with van der Waals surface area (Å²) in [4.78, 5) is -0.859. The molecule has 0 N–H and O–H groups in total. The minimum atomic E-state index is -4.51. The Morgan fingerprint density at radius 3 is 0.838 bits per heavy atom. The zero-order valence-corrected chi connectivity index (χ0v) is 22.9. The van der Waals surface area contributed by atoms with Gasteiger partial charge in [0.2, 0.25) is 0 Å². The Morgan fingerprint density at radius 2 is 0.649 bits per heavy atom. The van der Waals surface area contributed by atoms with Gasteiger partial charge in [-0.25, -0.2) is 25.3 Å². The molecule has 37 heavy (non-hydrogen) atoms. The van der Waals surface area contributed by atoms with Crippen molar-refractivity contribution in [2.75, 3.05) is 18.5 Å². The topological polar surface area (TPSA) is 172 Å². The molecule has 0 aliphatic carbocycles. The summed E-state index contributed by atoms with van der Waals surface area (Å²) >= 11 is 0. The Balaban J connectivity index is 1.68. The second kappa shape index (κ2) is 12.1. The number of hydrogen-bond acceptors (Lipinski definition) is 9. The van der Waals surface area contributed by atoms with Gasteiger partial charge in [-0.2, -0.15) is 0 Å². The van der Waals surface area contributed by atoms with Gasteiger partial charge in [0, 0.05) is 0 Å². The number of rotatable bonds is 12. The van der Waals surface area contributed by atoms with E-state index in [1.54, 1.807) is 36.4 Å². The first-order chi connectivity index (χ1) is 17.2. The molecule has 0 saturated carbocycles. The summed E-state index contributed by atoms with van der Waals surface area (Å²) in [5.41, 5.74) is 2.65. The highest BCUT2D eigenvalue weighted by Gasteiger charge is 2.11. The Kier molecular flexibility index (Phi) is 9.62. The smallest absolute Gasteiger partial charge is 0.124 e. The maximum atomic E-state index is 11.1. The molecule has 0 aliphatic heterocycles. The third-order valence-electron chi connectivity index (χ3n) is 5.79. The molecule has 3 aromatic rings. The van der Waals surface area contributed by atoms with Crippen LogP contribution in [0.2, 0.25) is 0 Å². The highest BCUT2D eigenvalue weighted by molar-refractivity contribution is 7.86. The van der Waals surface area contributed by atoms with Gasteiger partial charge in [-0.3, -0.25) is 0 Å². The molecule has 0 amide bonds. The first-order valence-electron chi connectivity index (χ1n) is 11.1. The predicted molar refractivity (Wildman–Crippen MR) is 136 cm³/mol. The predicted octanol–water partition coefficient (Wildman–Crippen LogP) is 2.91. The first kappa shape index (κ1) is 29.4. The van der Waals surface area contributed by atoms with Gasteiger partial charge in [0.25, 0.3) is 0 Å². The van der Waals surface area contributed by atoms with Crippen molar-refractivity contribution >= 4 is 38.3 Å². The Labute approximate surface area is 218 Å². The SMILES string of the molecule is O=S(=O)([O-])c1ccc(CCP(CCc2ccc(S(=O)(=O)[O-])cc2)CCc2ccc(S(=O)(=O)[O-])cc2)cc1. The summed E-state index contributed by atoms with van der Waals surface area (Å²) in [6, 6.07) is 17.4. The maximum Gasteiger partial charge on any atom is 0.124 e. The summed E-state index contributed by atoms with van der Waals surface area (Å²) in [5, 5.41) is 0. The minimum Gasteiger partial charge on any atom is -0.744 e. The molecule has 0 heterocycles. The summed E-state index contributed by atoms with van der Waals surface area (Å²) in [6.07, 6.45) is 4.39. The van der Waals surface area contributed by atoms with Crippen molar-refractivity contribution < 1.29 is 38.9 Å². The molecular weight excluding hydrogens is 559 g/mol. The standard InChI is InChI=1S/C24H27O9PS3/c25-35(26,27)22-7-1-19(2-8-22)13-16-34(17-14-20-3-9-23(10-4-20)36(28,29)30)18-15-21-5-11-24(12-6-21)37(31,32)33/h1-12H,13-18H2,(H,25,26,27)(H,28,29,30)(H,31,32,33)/p-3. The molecule has 13 heteroatoms. The fourth-order valence-electron chi connectivity index (χ4n) is 3.67. The quantitative estimate of drug-likeness (QED) is 0.230. The number of benzene rings is 3. The molecule has 0 fully saturated rings. The fourth-order valence-corrected chi connectivity index (χ4v) is 7.47. The van der Waals surface area contributed by atoms with Crippen LogP contribution in [0.3, 0.4) is 0 Å². The van der Waals surface area contributed by atoms with E-state index in [2.05, 4.69) is 0 Å². The average Bonchev–Trinajstić information content (AvgIpc) is 2.82. The van der Waals surface area contributed by atoms with Crippen molar-refractivity contribution in [2.45, 2.75) is 33.9 Å². The molecular formula is C24H24O9PS3-3. The van der Waals surface area contributed by atoms with Gasteiger partial charge in [0.15, 0.2) is 0 Å². The van der Waals surface area contributed by atoms with Crippen LogP contribution < -0.4 is 0 Å². The van der Waals surface area contributed by atoms with Gasteiger partial charge in [-0.05, 0) is 90.8 Å². The molecule has 0 atom stereocenters. The molecule has 0 radical (unpaired) electrons. The molecule has 0 unspecified atom stereocenters. The van der Waals surface area contributed by atoms with E-state index in [9.17, 15) is 38.9 Å². The van der Waals surface area contributed by atoms with Crippen LogP contribution in [0.1, 0.15) is 16.7 Å². The van der Waals surface area contributed by atoms with Gasteiger partial charge < -0.3 is 13.7 Å². The lowest BCUT2D eigenvalue weighted by atomic mass is 10.2. The monoisotopic (exact) mass is 583 g/mol. The van der Waals surface area contributed by atoms with Crippen LogP contribution in [0.25, 0.3) is 0 Å². The van der Waals surface area contributed by atoms with Crippen molar-refractivity contribution in [3.63, 3.8) is 0 Å². The zero-order chi connectivity index (χ0) is 27.3. The number of hydrogen-bond donors (Lipinski definition) is 0. The summed E-state index contributed by atoms with van der Waals surface area (Å²) in [6.45, 7) is 0.